The van der Waals surface area contributed by atoms with Crippen LogP contribution in [0.15, 0.2) is 91.0 Å². The molecule has 0 nitrogen and oxygen atoms in total. The topological polar surface area (TPSA) is 0 Å². The highest BCUT2D eigenvalue weighted by Gasteiger charge is 2.45. The van der Waals surface area contributed by atoms with Gasteiger partial charge in [-0.05, 0) is 0 Å². The maximum Gasteiger partial charge on any atom is 0.137 e. The molecule has 0 atom stereocenters. The van der Waals surface area contributed by atoms with Crippen LogP contribution < -0.4 is 15.6 Å². The summed E-state index contributed by atoms with van der Waals surface area (Å²) in [4.78, 5) is 0. The van der Waals surface area contributed by atoms with Gasteiger partial charge in [-0.3, -0.25) is 0 Å². The van der Waals surface area contributed by atoms with Crippen LogP contribution in [0.5, 0.6) is 0 Å². The first kappa shape index (κ1) is 16.9. The second-order valence-corrected chi connectivity index (χ2v) is 16.4. The number of hydrogen-bond acceptors (Lipinski definition) is 0. The predicted molar refractivity (Wildman–Crippen MR) is 111 cm³/mol. The maximum atomic E-state index is 2.40. The number of rotatable bonds is 6. The van der Waals surface area contributed by atoms with E-state index in [2.05, 4.69) is 105 Å². The van der Waals surface area contributed by atoms with Gasteiger partial charge in [-0.2, -0.15) is 0 Å². The van der Waals surface area contributed by atoms with Crippen molar-refractivity contribution in [1.82, 2.24) is 0 Å². The van der Waals surface area contributed by atoms with E-state index in [1.807, 2.05) is 0 Å². The molecule has 0 heterocycles. The van der Waals surface area contributed by atoms with Gasteiger partial charge < -0.3 is 0 Å². The summed E-state index contributed by atoms with van der Waals surface area (Å²) < 4.78 is 0. The lowest BCUT2D eigenvalue weighted by Gasteiger charge is -2.39. The molecule has 0 amide bonds. The minimum absolute atomic E-state index is 0.539. The highest BCUT2D eigenvalue weighted by atomic mass is 29.2. The Morgan fingerprint density at radius 3 is 1.08 bits per heavy atom. The average molecular weight is 346 g/mol. The summed E-state index contributed by atoms with van der Waals surface area (Å²) >= 11 is 0. The van der Waals surface area contributed by atoms with E-state index in [1.165, 1.54) is 12.1 Å². The minimum Gasteiger partial charge on any atom is -0.0681 e. The lowest BCUT2D eigenvalue weighted by Crippen LogP contribution is -2.76. The standard InChI is InChI=1S/C22H25Si2/c1-3-23(4-2)24(20-14-8-5-9-15-20,21-16-10-6-11-17-21)22-18-12-7-13-19-22/h5-19H,3-4H2,1-2H3. The normalized spacial score (nSPS) is 11.6. The Balaban J connectivity index is 2.37. The molecule has 24 heavy (non-hydrogen) atoms. The van der Waals surface area contributed by atoms with Crippen LogP contribution in [0.2, 0.25) is 12.1 Å². The molecule has 0 aliphatic carbocycles. The van der Waals surface area contributed by atoms with E-state index in [0.717, 1.165) is 0 Å². The fraction of sp³-hybridized carbons (Fsp3) is 0.182. The first-order valence-electron chi connectivity index (χ1n) is 8.85. The van der Waals surface area contributed by atoms with Gasteiger partial charge in [0.15, 0.2) is 0 Å². The predicted octanol–water partition coefficient (Wildman–Crippen LogP) is 3.77. The first-order chi connectivity index (χ1) is 11.8. The molecule has 0 saturated carbocycles. The molecular weight excluding hydrogens is 320 g/mol. The molecule has 3 aromatic carbocycles. The Labute approximate surface area is 148 Å². The van der Waals surface area contributed by atoms with Gasteiger partial charge in [-0.1, -0.05) is 132 Å². The van der Waals surface area contributed by atoms with Crippen LogP contribution in [0.25, 0.3) is 0 Å². The van der Waals surface area contributed by atoms with E-state index < -0.39 is 15.9 Å². The molecule has 0 fully saturated rings. The van der Waals surface area contributed by atoms with Gasteiger partial charge in [0, 0.05) is 0 Å². The lowest BCUT2D eigenvalue weighted by molar-refractivity contribution is 1.34. The monoisotopic (exact) mass is 345 g/mol. The van der Waals surface area contributed by atoms with Crippen LogP contribution in [0.3, 0.4) is 0 Å². The summed E-state index contributed by atoms with van der Waals surface area (Å²) in [6.45, 7) is 4.79. The Bertz CT molecular complexity index is 638. The molecule has 2 heteroatoms. The van der Waals surface area contributed by atoms with E-state index >= 15 is 0 Å². The largest absolute Gasteiger partial charge is 0.137 e. The minimum atomic E-state index is -1.95. The molecule has 0 spiro atoms. The third-order valence-corrected chi connectivity index (χ3v) is 19.3. The van der Waals surface area contributed by atoms with Crippen LogP contribution in [0.4, 0.5) is 0 Å². The zero-order chi connectivity index (χ0) is 16.8. The van der Waals surface area contributed by atoms with Crippen LogP contribution in [-0.2, 0) is 0 Å². The average Bonchev–Trinajstić information content (AvgIpc) is 2.68. The summed E-state index contributed by atoms with van der Waals surface area (Å²) in [6.07, 6.45) is 0. The molecule has 0 aromatic heterocycles. The molecule has 121 valence electrons. The second kappa shape index (κ2) is 7.78. The Hall–Kier alpha value is -1.91. The Morgan fingerprint density at radius 1 is 0.542 bits per heavy atom. The molecular formula is C22H25Si2. The van der Waals surface area contributed by atoms with Crippen molar-refractivity contribution in [2.45, 2.75) is 25.9 Å². The highest BCUT2D eigenvalue weighted by Crippen LogP contribution is 2.17. The molecule has 0 unspecified atom stereocenters. The van der Waals surface area contributed by atoms with Gasteiger partial charge in [-0.15, -0.1) is 0 Å². The molecule has 3 aromatic rings. The zero-order valence-electron chi connectivity index (χ0n) is 14.6. The van der Waals surface area contributed by atoms with E-state index in [0.29, 0.717) is 0 Å². The Morgan fingerprint density at radius 2 is 0.833 bits per heavy atom. The van der Waals surface area contributed by atoms with Crippen molar-refractivity contribution in [3.05, 3.63) is 91.0 Å². The summed E-state index contributed by atoms with van der Waals surface area (Å²) in [5.74, 6) is 0. The van der Waals surface area contributed by atoms with E-state index in [4.69, 9.17) is 0 Å². The molecule has 1 radical (unpaired) electrons. The second-order valence-electron chi connectivity index (χ2n) is 6.16. The number of benzene rings is 3. The van der Waals surface area contributed by atoms with E-state index in [-0.39, 0.29) is 0 Å². The van der Waals surface area contributed by atoms with Crippen molar-refractivity contribution in [1.29, 1.82) is 0 Å². The summed E-state index contributed by atoms with van der Waals surface area (Å²) in [6, 6.07) is 36.6. The van der Waals surface area contributed by atoms with Gasteiger partial charge in [0.05, 0.1) is 8.31 Å². The molecule has 0 aliphatic rings. The van der Waals surface area contributed by atoms with Crippen molar-refractivity contribution < 1.29 is 0 Å². The van der Waals surface area contributed by atoms with Crippen LogP contribution in [-0.4, -0.2) is 15.9 Å². The van der Waals surface area contributed by atoms with Crippen molar-refractivity contribution in [2.24, 2.45) is 0 Å². The van der Waals surface area contributed by atoms with Gasteiger partial charge in [0.25, 0.3) is 0 Å². The van der Waals surface area contributed by atoms with Gasteiger partial charge >= 0.3 is 0 Å². The molecule has 0 N–H and O–H groups in total. The van der Waals surface area contributed by atoms with E-state index in [9.17, 15) is 0 Å². The van der Waals surface area contributed by atoms with Crippen molar-refractivity contribution in [2.75, 3.05) is 0 Å². The van der Waals surface area contributed by atoms with Crippen molar-refractivity contribution in [3.8, 4) is 0 Å². The highest BCUT2D eigenvalue weighted by molar-refractivity contribution is 7.49. The third kappa shape index (κ3) is 2.92. The van der Waals surface area contributed by atoms with E-state index in [1.54, 1.807) is 15.6 Å². The molecule has 0 saturated heterocycles. The SMILES string of the molecule is CC[Si](CC)[Si](c1ccccc1)(c1ccccc1)c1ccccc1. The number of hydrogen-bond donors (Lipinski definition) is 0. The summed E-state index contributed by atoms with van der Waals surface area (Å²) in [5.41, 5.74) is 0. The Kier molecular flexibility index (Phi) is 5.49. The lowest BCUT2D eigenvalue weighted by atomic mass is 10.3. The smallest absolute Gasteiger partial charge is 0.0681 e. The zero-order valence-corrected chi connectivity index (χ0v) is 16.6. The van der Waals surface area contributed by atoms with Crippen LogP contribution in [0.1, 0.15) is 13.8 Å². The third-order valence-electron chi connectivity index (χ3n) is 5.00. The molecule has 0 aliphatic heterocycles. The van der Waals surface area contributed by atoms with Crippen molar-refractivity contribution >= 4 is 31.5 Å². The fourth-order valence-corrected chi connectivity index (χ4v) is 18.2. The molecule has 0 bridgehead atoms. The fourth-order valence-electron chi connectivity index (χ4n) is 3.96. The van der Waals surface area contributed by atoms with Crippen LogP contribution in [0, 0.1) is 0 Å². The first-order valence-corrected chi connectivity index (χ1v) is 13.8. The van der Waals surface area contributed by atoms with Gasteiger partial charge in [-0.25, -0.2) is 0 Å². The summed E-state index contributed by atoms with van der Waals surface area (Å²) in [7, 11) is -2.49. The van der Waals surface area contributed by atoms with Gasteiger partial charge in [0.2, 0.25) is 0 Å². The van der Waals surface area contributed by atoms with Crippen molar-refractivity contribution in [3.63, 3.8) is 0 Å². The quantitative estimate of drug-likeness (QED) is 0.471. The van der Waals surface area contributed by atoms with Crippen LogP contribution >= 0.6 is 0 Å². The van der Waals surface area contributed by atoms with Gasteiger partial charge in [0.1, 0.15) is 7.59 Å². The molecule has 3 rings (SSSR count). The summed E-state index contributed by atoms with van der Waals surface area (Å²) in [5, 5.41) is 4.71. The maximum absolute atomic E-state index is 2.40.